The molecule has 0 aliphatic carbocycles. The van der Waals surface area contributed by atoms with Crippen LogP contribution in [-0.4, -0.2) is 17.5 Å². The van der Waals surface area contributed by atoms with Crippen LogP contribution in [-0.2, 0) is 14.4 Å². The van der Waals surface area contributed by atoms with Gasteiger partial charge in [-0.15, -0.1) is 0 Å². The van der Waals surface area contributed by atoms with E-state index in [1.807, 2.05) is 30.3 Å². The van der Waals surface area contributed by atoms with Crippen LogP contribution >= 0.6 is 23.2 Å². The average Bonchev–Trinajstić information content (AvgIpc) is 2.30. The molecule has 1 aromatic rings. The van der Waals surface area contributed by atoms with E-state index in [0.29, 0.717) is 0 Å². The molecular weight excluding hydrogens is 306 g/mol. The maximum atomic E-state index is 9.97. The molecule has 0 aliphatic rings. The van der Waals surface area contributed by atoms with E-state index in [4.69, 9.17) is 9.59 Å². The first-order chi connectivity index (χ1) is 8.12. The number of carbonyl (C=O) groups is 1. The van der Waals surface area contributed by atoms with E-state index in [0.717, 1.165) is 23.1 Å². The summed E-state index contributed by atoms with van der Waals surface area (Å²) in [5.41, 5.74) is 0.858. The van der Waals surface area contributed by atoms with Gasteiger partial charge in [-0.3, -0.25) is 0 Å². The maximum absolute atomic E-state index is 9.97. The first-order valence-electron chi connectivity index (χ1n) is 4.02. The van der Waals surface area contributed by atoms with Gasteiger partial charge in [-0.2, -0.15) is 11.5 Å². The number of hydrogen-bond donors (Lipinski definition) is 0. The van der Waals surface area contributed by atoms with Crippen molar-refractivity contribution in [2.24, 2.45) is 0 Å². The molecule has 0 amide bonds. The van der Waals surface area contributed by atoms with Crippen molar-refractivity contribution in [3.63, 3.8) is 0 Å². The van der Waals surface area contributed by atoms with E-state index >= 15 is 0 Å². The maximum Gasteiger partial charge on any atom is 1.00 e. The van der Waals surface area contributed by atoms with Crippen molar-refractivity contribution in [1.82, 2.24) is 0 Å². The molecule has 4 nitrogen and oxygen atoms in total. The SMILES string of the molecule is O=C([O-])/C=C/c1ccccc1.O=[C-]Cl.O=[C-]Cl.[K+]. The van der Waals surface area contributed by atoms with E-state index in [-0.39, 0.29) is 51.4 Å². The van der Waals surface area contributed by atoms with E-state index in [2.05, 4.69) is 23.2 Å². The Hall–Kier alpha value is -0.0136. The van der Waals surface area contributed by atoms with Gasteiger partial charge in [0.15, 0.2) is 0 Å². The van der Waals surface area contributed by atoms with E-state index < -0.39 is 5.97 Å². The molecule has 0 N–H and O–H groups in total. The fourth-order valence-corrected chi connectivity index (χ4v) is 0.728. The molecule has 0 aromatic heterocycles. The molecule has 92 valence electrons. The van der Waals surface area contributed by atoms with Crippen molar-refractivity contribution in [2.75, 3.05) is 0 Å². The van der Waals surface area contributed by atoms with Crippen LogP contribution in [0.15, 0.2) is 36.4 Å². The van der Waals surface area contributed by atoms with Crippen LogP contribution in [0.2, 0.25) is 0 Å². The molecule has 0 aliphatic heterocycles. The van der Waals surface area contributed by atoms with Crippen LogP contribution in [0.25, 0.3) is 6.08 Å². The summed E-state index contributed by atoms with van der Waals surface area (Å²) in [5, 5.41) is 9.97. The monoisotopic (exact) mass is 312 g/mol. The zero-order valence-electron chi connectivity index (χ0n) is 9.43. The third-order valence-corrected chi connectivity index (χ3v) is 1.21. The minimum absolute atomic E-state index is 0. The second kappa shape index (κ2) is 19.3. The van der Waals surface area contributed by atoms with Crippen molar-refractivity contribution < 1.29 is 70.9 Å². The van der Waals surface area contributed by atoms with Crippen molar-refractivity contribution in [1.29, 1.82) is 0 Å². The van der Waals surface area contributed by atoms with Gasteiger partial charge in [-0.1, -0.05) is 36.4 Å². The normalized spacial score (nSPS) is 7.67. The summed E-state index contributed by atoms with van der Waals surface area (Å²) >= 11 is 8.39. The van der Waals surface area contributed by atoms with Gasteiger partial charge in [0, 0.05) is 0 Å². The Labute approximate surface area is 157 Å². The fraction of sp³-hybridized carbons (Fsp3) is 0. The van der Waals surface area contributed by atoms with Crippen molar-refractivity contribution >= 4 is 46.7 Å². The van der Waals surface area contributed by atoms with Crippen molar-refractivity contribution in [3.8, 4) is 0 Å². The molecule has 0 fully saturated rings. The predicted octanol–water partition coefficient (Wildman–Crippen LogP) is -1.96. The molecule has 0 saturated carbocycles. The average molecular weight is 313 g/mol. The van der Waals surface area contributed by atoms with Crippen LogP contribution in [0, 0.1) is 0 Å². The third kappa shape index (κ3) is 21.3. The first kappa shape index (κ1) is 23.1. The van der Waals surface area contributed by atoms with Gasteiger partial charge in [0.2, 0.25) is 0 Å². The van der Waals surface area contributed by atoms with Gasteiger partial charge >= 0.3 is 51.4 Å². The van der Waals surface area contributed by atoms with E-state index in [9.17, 15) is 9.90 Å². The van der Waals surface area contributed by atoms with Gasteiger partial charge < -0.3 is 42.7 Å². The Balaban J connectivity index is -0.000000276. The second-order valence-corrected chi connectivity index (χ2v) is 2.53. The molecule has 7 heteroatoms. The molecule has 0 saturated heterocycles. The number of halogens is 2. The molecule has 18 heavy (non-hydrogen) atoms. The Bertz CT molecular complexity index is 349. The Morgan fingerprint density at radius 1 is 1.11 bits per heavy atom. The van der Waals surface area contributed by atoms with E-state index in [1.165, 1.54) is 6.08 Å². The zero-order chi connectivity index (χ0) is 13.5. The van der Waals surface area contributed by atoms with Crippen LogP contribution in [0.5, 0.6) is 0 Å². The fourth-order valence-electron chi connectivity index (χ4n) is 0.728. The number of carboxylic acids is 1. The Morgan fingerprint density at radius 2 is 1.50 bits per heavy atom. The summed E-state index contributed by atoms with van der Waals surface area (Å²) in [4.78, 5) is 26.9. The summed E-state index contributed by atoms with van der Waals surface area (Å²) in [6.45, 7) is 0. The Morgan fingerprint density at radius 3 is 1.83 bits per heavy atom. The van der Waals surface area contributed by atoms with Crippen LogP contribution in [0.3, 0.4) is 0 Å². The number of hydrogen-bond acceptors (Lipinski definition) is 4. The van der Waals surface area contributed by atoms with Gasteiger partial charge in [-0.25, -0.2) is 0 Å². The smallest absolute Gasteiger partial charge is 0.545 e. The number of aliphatic carboxylic acids is 1. The molecule has 1 rings (SSSR count). The van der Waals surface area contributed by atoms with Crippen LogP contribution in [0.4, 0.5) is 0 Å². The largest absolute Gasteiger partial charge is 1.00 e. The molecule has 0 bridgehead atoms. The number of benzene rings is 1. The zero-order valence-corrected chi connectivity index (χ0v) is 14.1. The quantitative estimate of drug-likeness (QED) is 0.275. The third-order valence-electron chi connectivity index (χ3n) is 1.21. The standard InChI is InChI=1S/C9H8O2.2CClO.K/c10-9(11)7-6-8-4-2-1-3-5-8;2*2-1-3;/h1-7H,(H,10,11);;;/q;2*-1;+1/p-1/b7-6+;;;. The molecular formula is C11H7Cl2KO4-2. The summed E-state index contributed by atoms with van der Waals surface area (Å²) in [6.07, 6.45) is 2.50. The molecule has 1 aromatic carbocycles. The van der Waals surface area contributed by atoms with Crippen LogP contribution < -0.4 is 56.5 Å². The summed E-state index contributed by atoms with van der Waals surface area (Å²) in [7, 11) is 0. The summed E-state index contributed by atoms with van der Waals surface area (Å²) in [5.74, 6) is 0.772. The number of carboxylic acid groups (broad SMARTS) is 1. The molecule has 0 unspecified atom stereocenters. The summed E-state index contributed by atoms with van der Waals surface area (Å²) < 4.78 is 0. The van der Waals surface area contributed by atoms with Crippen LogP contribution in [0.1, 0.15) is 5.56 Å². The molecule has 0 atom stereocenters. The molecule has 0 spiro atoms. The minimum Gasteiger partial charge on any atom is -0.545 e. The van der Waals surface area contributed by atoms with Crippen molar-refractivity contribution in [2.45, 2.75) is 0 Å². The second-order valence-electron chi connectivity index (χ2n) is 2.22. The van der Waals surface area contributed by atoms with E-state index in [1.54, 1.807) is 0 Å². The van der Waals surface area contributed by atoms with Crippen molar-refractivity contribution in [3.05, 3.63) is 42.0 Å². The van der Waals surface area contributed by atoms with Gasteiger partial charge in [0.25, 0.3) is 0 Å². The Kier molecular flexibility index (Phi) is 24.8. The molecule has 0 heterocycles. The molecule has 0 radical (unpaired) electrons. The summed E-state index contributed by atoms with van der Waals surface area (Å²) in [6, 6.07) is 9.19. The number of carbonyl (C=O) groups excluding carboxylic acids is 3. The van der Waals surface area contributed by atoms with Gasteiger partial charge in [-0.05, 0) is 11.6 Å². The number of rotatable bonds is 2. The first-order valence-corrected chi connectivity index (χ1v) is 4.77. The topological polar surface area (TPSA) is 74.3 Å². The van der Waals surface area contributed by atoms with Gasteiger partial charge in [0.05, 0.1) is 5.97 Å². The minimum atomic E-state index is -1.17. The predicted molar refractivity (Wildman–Crippen MR) is 63.6 cm³/mol. The van der Waals surface area contributed by atoms with Gasteiger partial charge in [0.1, 0.15) is 0 Å².